The number of aliphatic carboxylic acids is 1. The van der Waals surface area contributed by atoms with Crippen LogP contribution >= 0.6 is 0 Å². The summed E-state index contributed by atoms with van der Waals surface area (Å²) in [6, 6.07) is 6.42. The second kappa shape index (κ2) is 6.12. The summed E-state index contributed by atoms with van der Waals surface area (Å²) in [5.74, 6) is -1.14. The Morgan fingerprint density at radius 2 is 2.16 bits per heavy atom. The largest absolute Gasteiger partial charge is 0.479 e. The highest BCUT2D eigenvalue weighted by atomic mass is 19.1. The number of rotatable bonds is 5. The van der Waals surface area contributed by atoms with Crippen LogP contribution in [0.1, 0.15) is 31.4 Å². The Kier molecular flexibility index (Phi) is 4.50. The number of hydrogen-bond donors (Lipinski definition) is 2. The number of nitrogens with one attached hydrogen (secondary N) is 1. The van der Waals surface area contributed by atoms with E-state index in [2.05, 4.69) is 5.32 Å². The van der Waals surface area contributed by atoms with Crippen LogP contribution in [0.4, 0.5) is 4.39 Å². The van der Waals surface area contributed by atoms with Crippen LogP contribution in [0.25, 0.3) is 0 Å². The summed E-state index contributed by atoms with van der Waals surface area (Å²) in [5.41, 5.74) is 0.995. The van der Waals surface area contributed by atoms with Crippen LogP contribution in [0.5, 0.6) is 0 Å². The van der Waals surface area contributed by atoms with Crippen molar-refractivity contribution < 1.29 is 19.0 Å². The third-order valence-electron chi connectivity index (χ3n) is 3.40. The SMILES string of the molecule is CC(NCC1CCC(C(=O)O)O1)c1ccc(F)cc1. The zero-order valence-corrected chi connectivity index (χ0v) is 10.8. The number of benzene rings is 1. The van der Waals surface area contributed by atoms with Crippen molar-refractivity contribution in [1.82, 2.24) is 5.32 Å². The maximum Gasteiger partial charge on any atom is 0.332 e. The Balaban J connectivity index is 1.79. The zero-order valence-electron chi connectivity index (χ0n) is 10.8. The fourth-order valence-corrected chi connectivity index (χ4v) is 2.22. The molecule has 19 heavy (non-hydrogen) atoms. The van der Waals surface area contributed by atoms with Gasteiger partial charge in [0.1, 0.15) is 5.82 Å². The molecule has 1 aromatic carbocycles. The first-order chi connectivity index (χ1) is 9.06. The monoisotopic (exact) mass is 267 g/mol. The molecule has 1 saturated heterocycles. The van der Waals surface area contributed by atoms with Crippen molar-refractivity contribution in [3.05, 3.63) is 35.6 Å². The van der Waals surface area contributed by atoms with Gasteiger partial charge in [0.15, 0.2) is 6.10 Å². The lowest BCUT2D eigenvalue weighted by atomic mass is 10.1. The highest BCUT2D eigenvalue weighted by Crippen LogP contribution is 2.20. The lowest BCUT2D eigenvalue weighted by molar-refractivity contribution is -0.149. The number of hydrogen-bond acceptors (Lipinski definition) is 3. The molecule has 0 bridgehead atoms. The second-order valence-electron chi connectivity index (χ2n) is 4.84. The van der Waals surface area contributed by atoms with E-state index in [4.69, 9.17) is 9.84 Å². The number of carboxylic acids is 1. The highest BCUT2D eigenvalue weighted by molar-refractivity contribution is 5.72. The molecule has 5 heteroatoms. The van der Waals surface area contributed by atoms with Crippen molar-refractivity contribution in [3.8, 4) is 0 Å². The molecule has 3 unspecified atom stereocenters. The normalized spacial score (nSPS) is 24.3. The number of halogens is 1. The van der Waals surface area contributed by atoms with Crippen LogP contribution in [0.3, 0.4) is 0 Å². The van der Waals surface area contributed by atoms with Gasteiger partial charge in [-0.3, -0.25) is 0 Å². The second-order valence-corrected chi connectivity index (χ2v) is 4.84. The minimum absolute atomic E-state index is 0.0657. The molecule has 1 aliphatic rings. The summed E-state index contributed by atoms with van der Waals surface area (Å²) in [6.45, 7) is 2.58. The van der Waals surface area contributed by atoms with E-state index in [9.17, 15) is 9.18 Å². The fourth-order valence-electron chi connectivity index (χ4n) is 2.22. The van der Waals surface area contributed by atoms with E-state index in [0.717, 1.165) is 12.0 Å². The lowest BCUT2D eigenvalue weighted by Gasteiger charge is -2.17. The van der Waals surface area contributed by atoms with Crippen molar-refractivity contribution >= 4 is 5.97 Å². The van der Waals surface area contributed by atoms with Gasteiger partial charge in [-0.25, -0.2) is 9.18 Å². The third kappa shape index (κ3) is 3.75. The van der Waals surface area contributed by atoms with Crippen molar-refractivity contribution in [1.29, 1.82) is 0 Å². The van der Waals surface area contributed by atoms with Gasteiger partial charge in [-0.1, -0.05) is 12.1 Å². The fraction of sp³-hybridized carbons (Fsp3) is 0.500. The number of ether oxygens (including phenoxy) is 1. The summed E-state index contributed by atoms with van der Waals surface area (Å²) in [5, 5.41) is 12.1. The Morgan fingerprint density at radius 3 is 2.74 bits per heavy atom. The molecular formula is C14H18FNO3. The van der Waals surface area contributed by atoms with Gasteiger partial charge in [0.25, 0.3) is 0 Å². The summed E-state index contributed by atoms with van der Waals surface area (Å²) >= 11 is 0. The predicted molar refractivity (Wildman–Crippen MR) is 68.3 cm³/mol. The topological polar surface area (TPSA) is 58.6 Å². The molecule has 4 nitrogen and oxygen atoms in total. The van der Waals surface area contributed by atoms with Crippen LogP contribution < -0.4 is 5.32 Å². The maximum atomic E-state index is 12.8. The molecule has 2 rings (SSSR count). The predicted octanol–water partition coefficient (Wildman–Crippen LogP) is 2.11. The summed E-state index contributed by atoms with van der Waals surface area (Å²) < 4.78 is 18.2. The molecule has 3 atom stereocenters. The van der Waals surface area contributed by atoms with Crippen LogP contribution in [0.15, 0.2) is 24.3 Å². The average Bonchev–Trinajstić information content (AvgIpc) is 2.86. The third-order valence-corrected chi connectivity index (χ3v) is 3.40. The molecule has 0 amide bonds. The summed E-state index contributed by atoms with van der Waals surface area (Å²) in [7, 11) is 0. The first kappa shape index (κ1) is 14.0. The molecule has 1 heterocycles. The molecular weight excluding hydrogens is 249 g/mol. The Morgan fingerprint density at radius 1 is 1.47 bits per heavy atom. The molecule has 1 aliphatic heterocycles. The smallest absolute Gasteiger partial charge is 0.332 e. The minimum Gasteiger partial charge on any atom is -0.479 e. The molecule has 1 fully saturated rings. The van der Waals surface area contributed by atoms with Crippen molar-refractivity contribution in [2.24, 2.45) is 0 Å². The molecule has 104 valence electrons. The molecule has 1 aromatic rings. The van der Waals surface area contributed by atoms with E-state index < -0.39 is 12.1 Å². The first-order valence-corrected chi connectivity index (χ1v) is 6.43. The van der Waals surface area contributed by atoms with Gasteiger partial charge in [-0.15, -0.1) is 0 Å². The van der Waals surface area contributed by atoms with Gasteiger partial charge in [0, 0.05) is 12.6 Å². The summed E-state index contributed by atoms with van der Waals surface area (Å²) in [4.78, 5) is 10.8. The first-order valence-electron chi connectivity index (χ1n) is 6.43. The van der Waals surface area contributed by atoms with Gasteiger partial charge >= 0.3 is 5.97 Å². The molecule has 0 aromatic heterocycles. The Hall–Kier alpha value is -1.46. The van der Waals surface area contributed by atoms with E-state index in [1.807, 2.05) is 6.92 Å². The Bertz CT molecular complexity index is 435. The van der Waals surface area contributed by atoms with E-state index in [1.54, 1.807) is 12.1 Å². The van der Waals surface area contributed by atoms with Crippen LogP contribution in [-0.4, -0.2) is 29.8 Å². The van der Waals surface area contributed by atoms with Gasteiger partial charge in [0.05, 0.1) is 6.10 Å². The van der Waals surface area contributed by atoms with Crippen molar-refractivity contribution in [2.45, 2.75) is 38.0 Å². The quantitative estimate of drug-likeness (QED) is 0.858. The van der Waals surface area contributed by atoms with E-state index in [0.29, 0.717) is 13.0 Å². The number of carboxylic acid groups (broad SMARTS) is 1. The van der Waals surface area contributed by atoms with Crippen LogP contribution in [-0.2, 0) is 9.53 Å². The molecule has 0 radical (unpaired) electrons. The van der Waals surface area contributed by atoms with Gasteiger partial charge in [-0.2, -0.15) is 0 Å². The Labute approximate surface area is 111 Å². The average molecular weight is 267 g/mol. The van der Waals surface area contributed by atoms with E-state index in [1.165, 1.54) is 12.1 Å². The van der Waals surface area contributed by atoms with Crippen LogP contribution in [0.2, 0.25) is 0 Å². The maximum absolute atomic E-state index is 12.8. The van der Waals surface area contributed by atoms with Gasteiger partial charge in [-0.05, 0) is 37.5 Å². The van der Waals surface area contributed by atoms with E-state index >= 15 is 0 Å². The highest BCUT2D eigenvalue weighted by Gasteiger charge is 2.30. The van der Waals surface area contributed by atoms with E-state index in [-0.39, 0.29) is 18.0 Å². The molecule has 0 aliphatic carbocycles. The number of carbonyl (C=O) groups is 1. The summed E-state index contributed by atoms with van der Waals surface area (Å²) in [6.07, 6.45) is 0.573. The minimum atomic E-state index is -0.894. The standard InChI is InChI=1S/C14H18FNO3/c1-9(10-2-4-11(15)5-3-10)16-8-12-6-7-13(19-12)14(17)18/h2-5,9,12-13,16H,6-8H2,1H3,(H,17,18). The van der Waals surface area contributed by atoms with Crippen molar-refractivity contribution in [3.63, 3.8) is 0 Å². The van der Waals surface area contributed by atoms with Gasteiger partial charge in [0.2, 0.25) is 0 Å². The molecule has 0 spiro atoms. The van der Waals surface area contributed by atoms with Crippen molar-refractivity contribution in [2.75, 3.05) is 6.54 Å². The zero-order chi connectivity index (χ0) is 13.8. The molecule has 0 saturated carbocycles. The molecule has 2 N–H and O–H groups in total. The van der Waals surface area contributed by atoms with Gasteiger partial charge < -0.3 is 15.2 Å². The van der Waals surface area contributed by atoms with Crippen LogP contribution in [0, 0.1) is 5.82 Å². The lowest BCUT2D eigenvalue weighted by Crippen LogP contribution is -2.30.